The van der Waals surface area contributed by atoms with E-state index in [1.165, 1.54) is 224 Å². The number of benzene rings is 18. The van der Waals surface area contributed by atoms with Crippen molar-refractivity contribution in [3.8, 4) is 61.3 Å². The van der Waals surface area contributed by atoms with Crippen molar-refractivity contribution >= 4 is 101 Å². The second-order valence-electron chi connectivity index (χ2n) is 32.6. The van der Waals surface area contributed by atoms with Crippen LogP contribution in [0.25, 0.3) is 123 Å². The van der Waals surface area contributed by atoms with Gasteiger partial charge < -0.3 is 4.57 Å². The molecule has 0 radical (unpaired) electrons. The maximum absolute atomic E-state index is 3.51. The van der Waals surface area contributed by atoms with Crippen LogP contribution in [0.1, 0.15) is 100 Å². The zero-order chi connectivity index (χ0) is 76.6. The summed E-state index contributed by atoms with van der Waals surface area (Å²) in [6, 6.07) is 152. The van der Waals surface area contributed by atoms with Gasteiger partial charge >= 0.3 is 0 Å². The Kier molecular flexibility index (Phi) is 13.8. The van der Waals surface area contributed by atoms with Gasteiger partial charge in [-0.05, 0) is 235 Å². The van der Waals surface area contributed by atoms with Crippen molar-refractivity contribution in [3.05, 3.63) is 505 Å². The molecule has 4 spiro atoms. The lowest BCUT2D eigenvalue weighted by Crippen LogP contribution is -2.44. The summed E-state index contributed by atoms with van der Waals surface area (Å²) in [5, 5.41) is 7.88. The lowest BCUT2D eigenvalue weighted by molar-refractivity contribution is 0.632. The quantitative estimate of drug-likeness (QED) is 0.154. The molecule has 0 atom stereocenters. The summed E-state index contributed by atoms with van der Waals surface area (Å²) >= 11 is 7.23. The summed E-state index contributed by atoms with van der Waals surface area (Å²) in [5.41, 5.74) is 40.1. The number of para-hydroxylation sites is 1. The summed E-state index contributed by atoms with van der Waals surface area (Å²) < 4.78 is 9.05. The van der Waals surface area contributed by atoms with Gasteiger partial charge in [-0.25, -0.2) is 0 Å². The molecule has 0 fully saturated rings. The summed E-state index contributed by atoms with van der Waals surface area (Å²) in [4.78, 5) is 0. The first-order chi connectivity index (χ1) is 57.9. The van der Waals surface area contributed by atoms with E-state index in [1.54, 1.807) is 0 Å². The van der Waals surface area contributed by atoms with E-state index in [1.807, 2.05) is 22.7 Å². The SMILES string of the molecule is Brc1ccc2sc3ccccc3c2c1.c1ccc2c(c1)-c1ccccc1C21c2ccccc2C2(c3ccccc3-c3ccccc32)c2cc3c(cc21)c1ccccc1n3-c1ccc2sc3ccccc3c2c1.c1ccc2c(c1)Cc1cc3c(cc1-2)C1(c2ccccc2-c2ccccc21)c1ccccc1C31c2ccccc2-c2ccccc21. The zero-order valence-corrected chi connectivity index (χ0v) is 66.7. The lowest BCUT2D eigenvalue weighted by Gasteiger charge is -2.49. The number of aromatic nitrogens is 1. The van der Waals surface area contributed by atoms with Gasteiger partial charge in [-0.1, -0.05) is 344 Å². The third-order valence-electron chi connectivity index (χ3n) is 27.6. The minimum absolute atomic E-state index is 0.416. The number of rotatable bonds is 1. The van der Waals surface area contributed by atoms with E-state index < -0.39 is 21.7 Å². The maximum Gasteiger partial charge on any atom is 0.0720 e. The Morgan fingerprint density at radius 3 is 0.949 bits per heavy atom. The molecule has 3 heterocycles. The molecule has 117 heavy (non-hydrogen) atoms. The zero-order valence-electron chi connectivity index (χ0n) is 63.5. The molecule has 1 nitrogen and oxygen atoms in total. The smallest absolute Gasteiger partial charge is 0.0720 e. The van der Waals surface area contributed by atoms with Gasteiger partial charge in [-0.2, -0.15) is 0 Å². The fourth-order valence-electron chi connectivity index (χ4n) is 23.4. The van der Waals surface area contributed by atoms with Crippen LogP contribution in [0.15, 0.2) is 405 Å². The molecule has 7 aliphatic carbocycles. The molecule has 3 aromatic heterocycles. The van der Waals surface area contributed by atoms with Crippen LogP contribution in [0.4, 0.5) is 0 Å². The second kappa shape index (κ2) is 24.4. The number of thiophene rings is 2. The fraction of sp³-hybridized carbons (Fsp3) is 0.0442. The minimum Gasteiger partial charge on any atom is -0.309 e. The summed E-state index contributed by atoms with van der Waals surface area (Å²) in [7, 11) is 0. The Bertz CT molecular complexity index is 7750. The monoisotopic (exact) mass is 1580 g/mol. The molecule has 0 amide bonds. The van der Waals surface area contributed by atoms with Crippen molar-refractivity contribution in [3.63, 3.8) is 0 Å². The first-order valence-electron chi connectivity index (χ1n) is 40.8. The average molecular weight is 1580 g/mol. The Hall–Kier alpha value is -13.3. The largest absolute Gasteiger partial charge is 0.309 e. The molecular formula is C113H68BrNS2. The number of fused-ring (bicyclic) bond motifs is 44. The number of halogens is 1. The molecule has 0 aliphatic heterocycles. The normalized spacial score (nSPS) is 14.8. The Balaban J connectivity index is 0.000000112. The highest BCUT2D eigenvalue weighted by atomic mass is 79.9. The van der Waals surface area contributed by atoms with Gasteiger partial charge in [0.25, 0.3) is 0 Å². The number of hydrogen-bond acceptors (Lipinski definition) is 2. The van der Waals surface area contributed by atoms with E-state index in [4.69, 9.17) is 0 Å². The second-order valence-corrected chi connectivity index (χ2v) is 35.7. The predicted octanol–water partition coefficient (Wildman–Crippen LogP) is 29.3. The molecule has 18 aromatic carbocycles. The summed E-state index contributed by atoms with van der Waals surface area (Å²) in [5.74, 6) is 0. The first kappa shape index (κ1) is 66.0. The highest BCUT2D eigenvalue weighted by molar-refractivity contribution is 9.10. The van der Waals surface area contributed by atoms with Gasteiger partial charge in [0.2, 0.25) is 0 Å². The summed E-state index contributed by atoms with van der Waals surface area (Å²) in [6.07, 6.45) is 0.972. The van der Waals surface area contributed by atoms with Gasteiger partial charge in [0.1, 0.15) is 0 Å². The third kappa shape index (κ3) is 8.46. The molecular weight excluding hydrogens is 1520 g/mol. The fourth-order valence-corrected chi connectivity index (χ4v) is 25.9. The highest BCUT2D eigenvalue weighted by Gasteiger charge is 2.62. The molecule has 4 heteroatoms. The van der Waals surface area contributed by atoms with Gasteiger partial charge in [0.15, 0.2) is 0 Å². The van der Waals surface area contributed by atoms with Gasteiger partial charge in [-0.15, -0.1) is 22.7 Å². The van der Waals surface area contributed by atoms with Crippen molar-refractivity contribution in [2.45, 2.75) is 28.1 Å². The molecule has 7 aliphatic rings. The lowest BCUT2D eigenvalue weighted by atomic mass is 9.52. The van der Waals surface area contributed by atoms with E-state index in [0.29, 0.717) is 0 Å². The van der Waals surface area contributed by atoms with Crippen LogP contribution in [0, 0.1) is 0 Å². The standard InChI is InChI=1S/C56H33NS.C45H28.C12H7BrS/c1-7-21-43-35(15-1)36-16-2-8-22-44(36)55(43)47-25-11-12-26-48(47)56(45-23-9-3-17-37(45)38-18-4-10-24-46(38)56)50-33-52-41(32-49(50)55)39-19-5-13-27-51(39)57(52)34-29-30-54-42(31-34)40-20-6-14-28-53(40)58-54;1-2-14-30-28(13-1)25-29-26-42-43(27-35(29)30)45(38-21-9-5-17-33(38)34-18-6-10-22-39(34)45)41-24-12-11-23-40(41)44(42)36-19-7-3-15-31(36)32-16-4-8-20-37(32)44;13-8-5-6-12-10(7-8)9-3-1-2-4-11(9)14-12/h1-33H;1-24,26-27H,25H2;1-7H. The maximum atomic E-state index is 3.51. The van der Waals surface area contributed by atoms with Crippen molar-refractivity contribution in [1.29, 1.82) is 0 Å². The molecule has 0 saturated heterocycles. The van der Waals surface area contributed by atoms with Crippen LogP contribution >= 0.6 is 38.6 Å². The van der Waals surface area contributed by atoms with Gasteiger partial charge in [0, 0.05) is 61.3 Å². The third-order valence-corrected chi connectivity index (χ3v) is 30.4. The summed E-state index contributed by atoms with van der Waals surface area (Å²) in [6.45, 7) is 0. The molecule has 0 N–H and O–H groups in total. The van der Waals surface area contributed by atoms with E-state index in [-0.39, 0.29) is 0 Å². The van der Waals surface area contributed by atoms with Crippen molar-refractivity contribution < 1.29 is 0 Å². The van der Waals surface area contributed by atoms with E-state index >= 15 is 0 Å². The topological polar surface area (TPSA) is 4.93 Å². The molecule has 21 aromatic rings. The van der Waals surface area contributed by atoms with Crippen LogP contribution < -0.4 is 0 Å². The molecule has 28 rings (SSSR count). The van der Waals surface area contributed by atoms with Crippen LogP contribution in [0.2, 0.25) is 0 Å². The van der Waals surface area contributed by atoms with Gasteiger partial charge in [-0.3, -0.25) is 0 Å². The van der Waals surface area contributed by atoms with Crippen LogP contribution in [0.3, 0.4) is 0 Å². The molecule has 0 unspecified atom stereocenters. The highest BCUT2D eigenvalue weighted by Crippen LogP contribution is 2.71. The first-order valence-corrected chi connectivity index (χ1v) is 43.2. The van der Waals surface area contributed by atoms with Crippen LogP contribution in [-0.2, 0) is 28.1 Å². The van der Waals surface area contributed by atoms with Gasteiger partial charge in [0.05, 0.1) is 32.7 Å². The van der Waals surface area contributed by atoms with E-state index in [9.17, 15) is 0 Å². The average Bonchev–Trinajstić information content (AvgIpc) is 1.50. The van der Waals surface area contributed by atoms with Crippen LogP contribution in [0.5, 0.6) is 0 Å². The molecule has 544 valence electrons. The predicted molar refractivity (Wildman–Crippen MR) is 492 cm³/mol. The van der Waals surface area contributed by atoms with Crippen molar-refractivity contribution in [2.75, 3.05) is 0 Å². The number of hydrogen-bond donors (Lipinski definition) is 0. The van der Waals surface area contributed by atoms with E-state index in [0.717, 1.165) is 10.9 Å². The van der Waals surface area contributed by atoms with E-state index in [2.05, 4.69) is 421 Å². The van der Waals surface area contributed by atoms with Crippen molar-refractivity contribution in [1.82, 2.24) is 4.57 Å². The van der Waals surface area contributed by atoms with Crippen molar-refractivity contribution in [2.24, 2.45) is 0 Å². The van der Waals surface area contributed by atoms with Crippen LogP contribution in [-0.4, -0.2) is 4.57 Å². The minimum atomic E-state index is -0.542. The molecule has 0 bridgehead atoms. The Labute approximate surface area is 694 Å². The Morgan fingerprint density at radius 1 is 0.197 bits per heavy atom. The number of nitrogens with zero attached hydrogens (tertiary/aromatic N) is 1. The molecule has 0 saturated carbocycles. The Morgan fingerprint density at radius 2 is 0.513 bits per heavy atom.